The summed E-state index contributed by atoms with van der Waals surface area (Å²) in [5, 5.41) is 8.63. The summed E-state index contributed by atoms with van der Waals surface area (Å²) in [7, 11) is 1.65. The molecule has 14 heavy (non-hydrogen) atoms. The molecule has 1 N–H and O–H groups in total. The Morgan fingerprint density at radius 2 is 2.29 bits per heavy atom. The van der Waals surface area contributed by atoms with Gasteiger partial charge in [-0.3, -0.25) is 4.98 Å². The molecule has 0 saturated heterocycles. The van der Waals surface area contributed by atoms with Crippen LogP contribution in [0.5, 0.6) is 5.75 Å². The summed E-state index contributed by atoms with van der Waals surface area (Å²) in [6, 6.07) is 3.83. The lowest BCUT2D eigenvalue weighted by Crippen LogP contribution is -1.94. The Bertz CT molecular complexity index is 291. The summed E-state index contributed by atoms with van der Waals surface area (Å²) >= 11 is 1.67. The van der Waals surface area contributed by atoms with Crippen molar-refractivity contribution in [1.82, 2.24) is 4.98 Å². The van der Waals surface area contributed by atoms with Crippen LogP contribution in [0.25, 0.3) is 0 Å². The van der Waals surface area contributed by atoms with E-state index in [4.69, 9.17) is 9.84 Å². The molecule has 1 heterocycles. The fraction of sp³-hybridized carbons (Fsp3) is 0.500. The van der Waals surface area contributed by atoms with E-state index in [1.165, 1.54) is 0 Å². The summed E-state index contributed by atoms with van der Waals surface area (Å²) in [4.78, 5) is 4.37. The van der Waals surface area contributed by atoms with E-state index in [2.05, 4.69) is 4.98 Å². The molecule has 78 valence electrons. The van der Waals surface area contributed by atoms with Crippen LogP contribution < -0.4 is 4.74 Å². The molecule has 0 spiro atoms. The summed E-state index contributed by atoms with van der Waals surface area (Å²) < 4.78 is 5.14. The molecule has 0 amide bonds. The average molecular weight is 213 g/mol. The van der Waals surface area contributed by atoms with E-state index in [0.29, 0.717) is 0 Å². The Kier molecular flexibility index (Phi) is 4.76. The molecular formula is C10H15NO2S. The van der Waals surface area contributed by atoms with E-state index in [9.17, 15) is 0 Å². The van der Waals surface area contributed by atoms with E-state index in [1.807, 2.05) is 19.1 Å². The average Bonchev–Trinajstić information content (AvgIpc) is 2.17. The number of pyridine rings is 1. The van der Waals surface area contributed by atoms with Crippen LogP contribution in [-0.2, 0) is 5.75 Å². The largest absolute Gasteiger partial charge is 0.497 e. The predicted molar refractivity (Wildman–Crippen MR) is 58.8 cm³/mol. The maximum atomic E-state index is 8.63. The second-order valence-electron chi connectivity index (χ2n) is 2.92. The monoisotopic (exact) mass is 213 g/mol. The zero-order valence-electron chi connectivity index (χ0n) is 8.49. The normalized spacial score (nSPS) is 10.2. The van der Waals surface area contributed by atoms with E-state index in [1.54, 1.807) is 18.9 Å². The molecule has 0 unspecified atom stereocenters. The number of aliphatic hydroxyl groups is 1. The number of nitrogens with zero attached hydrogens (tertiary/aromatic N) is 1. The van der Waals surface area contributed by atoms with Gasteiger partial charge in [0.25, 0.3) is 0 Å². The molecule has 0 aliphatic heterocycles. The van der Waals surface area contributed by atoms with Gasteiger partial charge in [0.1, 0.15) is 5.75 Å². The number of aliphatic hydroxyl groups excluding tert-OH is 1. The molecule has 0 atom stereocenters. The van der Waals surface area contributed by atoms with Crippen LogP contribution in [-0.4, -0.2) is 29.6 Å². The van der Waals surface area contributed by atoms with Gasteiger partial charge in [-0.2, -0.15) is 11.8 Å². The van der Waals surface area contributed by atoms with Crippen LogP contribution in [0.4, 0.5) is 0 Å². The SMILES string of the molecule is COc1cc(C)nc(CSCCO)c1. The Morgan fingerprint density at radius 1 is 1.50 bits per heavy atom. The van der Waals surface area contributed by atoms with E-state index < -0.39 is 0 Å². The van der Waals surface area contributed by atoms with Crippen LogP contribution >= 0.6 is 11.8 Å². The van der Waals surface area contributed by atoms with Gasteiger partial charge in [0.15, 0.2) is 0 Å². The number of thioether (sulfide) groups is 1. The van der Waals surface area contributed by atoms with Gasteiger partial charge in [-0.1, -0.05) is 0 Å². The summed E-state index contributed by atoms with van der Waals surface area (Å²) in [5.41, 5.74) is 1.96. The predicted octanol–water partition coefficient (Wildman–Crippen LogP) is 1.62. The Balaban J connectivity index is 2.62. The maximum absolute atomic E-state index is 8.63. The number of aryl methyl sites for hydroxylation is 1. The van der Waals surface area contributed by atoms with Gasteiger partial charge >= 0.3 is 0 Å². The molecule has 3 nitrogen and oxygen atoms in total. The summed E-state index contributed by atoms with van der Waals surface area (Å²) in [6.45, 7) is 2.16. The number of ether oxygens (including phenoxy) is 1. The fourth-order valence-electron chi connectivity index (χ4n) is 1.14. The minimum atomic E-state index is 0.216. The molecule has 0 saturated carbocycles. The fourth-order valence-corrected chi connectivity index (χ4v) is 1.77. The molecule has 1 aromatic rings. The Hall–Kier alpha value is -0.740. The topological polar surface area (TPSA) is 42.4 Å². The van der Waals surface area contributed by atoms with Crippen molar-refractivity contribution in [3.05, 3.63) is 23.5 Å². The van der Waals surface area contributed by atoms with Gasteiger partial charge in [-0.15, -0.1) is 0 Å². The Labute approximate surface area is 88.5 Å². The molecule has 0 aliphatic carbocycles. The minimum Gasteiger partial charge on any atom is -0.497 e. The number of aromatic nitrogens is 1. The van der Waals surface area contributed by atoms with Crippen LogP contribution in [0, 0.1) is 6.92 Å². The first-order chi connectivity index (χ1) is 6.76. The van der Waals surface area contributed by atoms with Gasteiger partial charge in [-0.05, 0) is 6.92 Å². The molecule has 0 radical (unpaired) electrons. The van der Waals surface area contributed by atoms with Crippen molar-refractivity contribution in [1.29, 1.82) is 0 Å². The zero-order chi connectivity index (χ0) is 10.4. The third-order valence-electron chi connectivity index (χ3n) is 1.70. The molecular weight excluding hydrogens is 198 g/mol. The van der Waals surface area contributed by atoms with Crippen molar-refractivity contribution in [2.75, 3.05) is 19.5 Å². The lowest BCUT2D eigenvalue weighted by molar-refractivity contribution is 0.322. The van der Waals surface area contributed by atoms with Crippen molar-refractivity contribution in [2.24, 2.45) is 0 Å². The molecule has 0 aliphatic rings. The highest BCUT2D eigenvalue weighted by molar-refractivity contribution is 7.98. The van der Waals surface area contributed by atoms with Crippen molar-refractivity contribution >= 4 is 11.8 Å². The third-order valence-corrected chi connectivity index (χ3v) is 2.67. The highest BCUT2D eigenvalue weighted by atomic mass is 32.2. The second-order valence-corrected chi connectivity index (χ2v) is 4.02. The zero-order valence-corrected chi connectivity index (χ0v) is 9.30. The summed E-state index contributed by atoms with van der Waals surface area (Å²) in [5.74, 6) is 2.41. The maximum Gasteiger partial charge on any atom is 0.122 e. The van der Waals surface area contributed by atoms with Gasteiger partial charge in [0, 0.05) is 29.3 Å². The second kappa shape index (κ2) is 5.88. The first-order valence-electron chi connectivity index (χ1n) is 4.46. The lowest BCUT2D eigenvalue weighted by atomic mass is 10.3. The highest BCUT2D eigenvalue weighted by Gasteiger charge is 2.00. The molecule has 1 aromatic heterocycles. The standard InChI is InChI=1S/C10H15NO2S/c1-8-5-10(13-2)6-9(11-8)7-14-4-3-12/h5-6,12H,3-4,7H2,1-2H3. The van der Waals surface area contributed by atoms with Crippen molar-refractivity contribution in [2.45, 2.75) is 12.7 Å². The van der Waals surface area contributed by atoms with Gasteiger partial charge in [0.05, 0.1) is 19.4 Å². The number of hydrogen-bond acceptors (Lipinski definition) is 4. The summed E-state index contributed by atoms with van der Waals surface area (Å²) in [6.07, 6.45) is 0. The number of rotatable bonds is 5. The van der Waals surface area contributed by atoms with Crippen LogP contribution in [0.3, 0.4) is 0 Å². The number of methoxy groups -OCH3 is 1. The minimum absolute atomic E-state index is 0.216. The quantitative estimate of drug-likeness (QED) is 0.755. The lowest BCUT2D eigenvalue weighted by Gasteiger charge is -2.05. The first-order valence-corrected chi connectivity index (χ1v) is 5.62. The smallest absolute Gasteiger partial charge is 0.122 e. The van der Waals surface area contributed by atoms with Gasteiger partial charge in [-0.25, -0.2) is 0 Å². The van der Waals surface area contributed by atoms with Crippen LogP contribution in [0.15, 0.2) is 12.1 Å². The van der Waals surface area contributed by atoms with Gasteiger partial charge < -0.3 is 9.84 Å². The van der Waals surface area contributed by atoms with Gasteiger partial charge in [0.2, 0.25) is 0 Å². The van der Waals surface area contributed by atoms with Crippen molar-refractivity contribution in [3.63, 3.8) is 0 Å². The first kappa shape index (κ1) is 11.3. The molecule has 0 bridgehead atoms. The van der Waals surface area contributed by atoms with E-state index in [0.717, 1.165) is 28.6 Å². The Morgan fingerprint density at radius 3 is 2.93 bits per heavy atom. The molecule has 0 fully saturated rings. The molecule has 4 heteroatoms. The van der Waals surface area contributed by atoms with E-state index >= 15 is 0 Å². The molecule has 1 rings (SSSR count). The number of hydrogen-bond donors (Lipinski definition) is 1. The highest BCUT2D eigenvalue weighted by Crippen LogP contribution is 2.17. The van der Waals surface area contributed by atoms with E-state index in [-0.39, 0.29) is 6.61 Å². The van der Waals surface area contributed by atoms with Crippen LogP contribution in [0.1, 0.15) is 11.4 Å². The molecule has 0 aromatic carbocycles. The van der Waals surface area contributed by atoms with Crippen LogP contribution in [0.2, 0.25) is 0 Å². The van der Waals surface area contributed by atoms with Crippen molar-refractivity contribution < 1.29 is 9.84 Å². The third kappa shape index (κ3) is 3.55. The van der Waals surface area contributed by atoms with Crippen molar-refractivity contribution in [3.8, 4) is 5.75 Å².